The molecule has 9 heteroatoms. The van der Waals surface area contributed by atoms with Gasteiger partial charge in [-0.05, 0) is 36.8 Å². The third-order valence-electron chi connectivity index (χ3n) is 4.09. The molecule has 0 radical (unpaired) electrons. The molecule has 0 heterocycles. The third kappa shape index (κ3) is 7.92. The van der Waals surface area contributed by atoms with E-state index < -0.39 is 10.1 Å². The molecule has 0 aliphatic heterocycles. The second-order valence-corrected chi connectivity index (χ2v) is 8.00. The molecule has 6 N–H and O–H groups in total. The minimum absolute atomic E-state index is 0.0666. The number of anilines is 1. The summed E-state index contributed by atoms with van der Waals surface area (Å²) in [5.74, 6) is -0.170. The van der Waals surface area contributed by atoms with Crippen LogP contribution in [0.2, 0.25) is 0 Å². The van der Waals surface area contributed by atoms with Crippen LogP contribution < -0.4 is 16.0 Å². The first-order chi connectivity index (χ1) is 14.7. The molecule has 0 saturated heterocycles. The smallest absolute Gasteiger partial charge is 0.294 e. The lowest BCUT2D eigenvalue weighted by Crippen LogP contribution is -2.45. The summed E-state index contributed by atoms with van der Waals surface area (Å²) in [6, 6.07) is 25.4. The highest BCUT2D eigenvalue weighted by Crippen LogP contribution is 2.16. The van der Waals surface area contributed by atoms with Crippen LogP contribution >= 0.6 is 0 Å². The Balaban J connectivity index is 0.000000262. The number of nitrogens with two attached hydrogens (primary N) is 1. The van der Waals surface area contributed by atoms with Crippen molar-refractivity contribution in [3.63, 3.8) is 0 Å². The maximum absolute atomic E-state index is 10.5. The number of benzene rings is 3. The molecule has 162 valence electrons. The Hall–Kier alpha value is -3.69. The number of para-hydroxylation sites is 1. The molecule has 0 fully saturated rings. The van der Waals surface area contributed by atoms with Gasteiger partial charge in [-0.1, -0.05) is 66.2 Å². The molecule has 0 unspecified atom stereocenters. The van der Waals surface area contributed by atoms with E-state index >= 15 is 0 Å². The number of nitrogens with zero attached hydrogens (tertiary/aromatic N) is 1. The van der Waals surface area contributed by atoms with Gasteiger partial charge in [0.05, 0.1) is 11.4 Å². The van der Waals surface area contributed by atoms with Crippen LogP contribution in [-0.2, 0) is 16.7 Å². The number of aryl methyl sites for hydroxylation is 1. The summed E-state index contributed by atoms with van der Waals surface area (Å²) in [7, 11) is -4.02. The summed E-state index contributed by atoms with van der Waals surface area (Å²) in [4.78, 5) is 1.69. The molecule has 3 aromatic carbocycles. The van der Waals surface area contributed by atoms with Gasteiger partial charge in [0.25, 0.3) is 10.1 Å². The fourth-order valence-electron chi connectivity index (χ4n) is 2.58. The summed E-state index contributed by atoms with van der Waals surface area (Å²) < 4.78 is 29.6. The number of nitrogens with one attached hydrogen (secondary N) is 3. The van der Waals surface area contributed by atoms with Gasteiger partial charge in [0, 0.05) is 5.69 Å². The minimum Gasteiger partial charge on any atom is -0.370 e. The fraction of sp³-hybridized carbons (Fsp3) is 0.0909. The molecule has 0 spiro atoms. The van der Waals surface area contributed by atoms with Crippen molar-refractivity contribution in [3.05, 3.63) is 96.1 Å². The van der Waals surface area contributed by atoms with Crippen molar-refractivity contribution in [1.29, 1.82) is 10.8 Å². The lowest BCUT2D eigenvalue weighted by atomic mass is 10.2. The summed E-state index contributed by atoms with van der Waals surface area (Å²) in [5.41, 5.74) is 8.21. The lowest BCUT2D eigenvalue weighted by molar-refractivity contribution is 0.483. The quantitative estimate of drug-likeness (QED) is 0.240. The van der Waals surface area contributed by atoms with Gasteiger partial charge in [0.15, 0.2) is 5.96 Å². The highest BCUT2D eigenvalue weighted by Gasteiger charge is 2.13. The first kappa shape index (κ1) is 23.6. The van der Waals surface area contributed by atoms with E-state index in [2.05, 4.69) is 5.32 Å². The van der Waals surface area contributed by atoms with Crippen LogP contribution in [0.1, 0.15) is 11.1 Å². The number of rotatable bonds is 4. The topological polar surface area (TPSA) is 143 Å². The molecule has 0 aliphatic carbocycles. The van der Waals surface area contributed by atoms with Crippen LogP contribution in [0, 0.1) is 17.7 Å². The Morgan fingerprint density at radius 2 is 1.45 bits per heavy atom. The van der Waals surface area contributed by atoms with E-state index in [1.807, 2.05) is 67.6 Å². The molecule has 0 amide bonds. The van der Waals surface area contributed by atoms with Crippen LogP contribution in [0.5, 0.6) is 0 Å². The predicted octanol–water partition coefficient (Wildman–Crippen LogP) is 3.35. The highest BCUT2D eigenvalue weighted by molar-refractivity contribution is 7.85. The molecular weight excluding hydrogens is 414 g/mol. The van der Waals surface area contributed by atoms with E-state index in [9.17, 15) is 8.42 Å². The summed E-state index contributed by atoms with van der Waals surface area (Å²) in [6.45, 7) is 2.37. The Morgan fingerprint density at radius 1 is 0.935 bits per heavy atom. The maximum Gasteiger partial charge on any atom is 0.294 e. The normalized spacial score (nSPS) is 10.4. The van der Waals surface area contributed by atoms with Crippen LogP contribution in [0.4, 0.5) is 5.69 Å². The molecule has 0 aromatic heterocycles. The Morgan fingerprint density at radius 3 is 1.94 bits per heavy atom. The van der Waals surface area contributed by atoms with Gasteiger partial charge in [0.1, 0.15) is 0 Å². The molecule has 3 rings (SSSR count). The van der Waals surface area contributed by atoms with Crippen molar-refractivity contribution in [2.75, 3.05) is 4.90 Å². The van der Waals surface area contributed by atoms with Crippen molar-refractivity contribution in [1.82, 2.24) is 5.32 Å². The molecule has 8 nitrogen and oxygen atoms in total. The highest BCUT2D eigenvalue weighted by atomic mass is 32.2. The lowest BCUT2D eigenvalue weighted by Gasteiger charge is -2.25. The van der Waals surface area contributed by atoms with Gasteiger partial charge in [0.2, 0.25) is 5.96 Å². The zero-order valence-electron chi connectivity index (χ0n) is 17.0. The van der Waals surface area contributed by atoms with Gasteiger partial charge in [-0.25, -0.2) is 0 Å². The van der Waals surface area contributed by atoms with E-state index in [4.69, 9.17) is 21.1 Å². The average molecular weight is 440 g/mol. The summed E-state index contributed by atoms with van der Waals surface area (Å²) in [6.07, 6.45) is 0. The zero-order chi connectivity index (χ0) is 22.9. The Kier molecular flexibility index (Phi) is 8.30. The second kappa shape index (κ2) is 10.9. The van der Waals surface area contributed by atoms with Crippen molar-refractivity contribution in [2.24, 2.45) is 5.73 Å². The minimum atomic E-state index is -4.02. The van der Waals surface area contributed by atoms with Gasteiger partial charge in [-0.15, -0.1) is 0 Å². The van der Waals surface area contributed by atoms with Gasteiger partial charge in [-0.3, -0.25) is 20.7 Å². The van der Waals surface area contributed by atoms with Gasteiger partial charge >= 0.3 is 0 Å². The standard InChI is InChI=1S/C15H17N5.C7H8O3S/c16-14(17)19-15(18)20(13-9-5-2-6-10-13)11-12-7-3-1-4-8-12;1-6-2-4-7(5-3-6)11(8,9)10/h1-10H,11H2,(H5,16,17,18,19);2-5H,1H3,(H,8,9,10). The summed E-state index contributed by atoms with van der Waals surface area (Å²) >= 11 is 0. The predicted molar refractivity (Wildman–Crippen MR) is 123 cm³/mol. The molecule has 31 heavy (non-hydrogen) atoms. The number of hydrogen-bond acceptors (Lipinski definition) is 4. The maximum atomic E-state index is 10.5. The Labute approximate surface area is 182 Å². The van der Waals surface area contributed by atoms with E-state index in [1.165, 1.54) is 12.1 Å². The van der Waals surface area contributed by atoms with Crippen LogP contribution in [0.3, 0.4) is 0 Å². The molecule has 0 atom stereocenters. The molecule has 3 aromatic rings. The SMILES string of the molecule is Cc1ccc(S(=O)(=O)O)cc1.N=C(N)NC(=N)N(Cc1ccccc1)c1ccccc1. The fourth-order valence-corrected chi connectivity index (χ4v) is 3.06. The largest absolute Gasteiger partial charge is 0.370 e. The number of hydrogen-bond donors (Lipinski definition) is 5. The van der Waals surface area contributed by atoms with Crippen LogP contribution in [-0.4, -0.2) is 24.9 Å². The summed E-state index contributed by atoms with van der Waals surface area (Å²) in [5, 5.41) is 17.8. The number of guanidine groups is 2. The van der Waals surface area contributed by atoms with Crippen molar-refractivity contribution in [2.45, 2.75) is 18.4 Å². The van der Waals surface area contributed by atoms with Crippen molar-refractivity contribution < 1.29 is 13.0 Å². The monoisotopic (exact) mass is 439 g/mol. The van der Waals surface area contributed by atoms with Gasteiger partial charge in [-0.2, -0.15) is 8.42 Å². The van der Waals surface area contributed by atoms with Crippen LogP contribution in [0.15, 0.2) is 89.8 Å². The Bertz CT molecular complexity index is 1100. The molecular formula is C22H25N5O3S. The molecule has 0 saturated carbocycles. The van der Waals surface area contributed by atoms with Gasteiger partial charge < -0.3 is 10.6 Å². The first-order valence-corrected chi connectivity index (χ1v) is 10.7. The van der Waals surface area contributed by atoms with E-state index in [0.29, 0.717) is 6.54 Å². The third-order valence-corrected chi connectivity index (χ3v) is 4.96. The van der Waals surface area contributed by atoms with E-state index in [0.717, 1.165) is 16.8 Å². The van der Waals surface area contributed by atoms with E-state index in [-0.39, 0.29) is 16.8 Å². The average Bonchev–Trinajstić information content (AvgIpc) is 2.73. The first-order valence-electron chi connectivity index (χ1n) is 9.27. The van der Waals surface area contributed by atoms with Crippen molar-refractivity contribution in [3.8, 4) is 0 Å². The van der Waals surface area contributed by atoms with Crippen LogP contribution in [0.25, 0.3) is 0 Å². The van der Waals surface area contributed by atoms with Crippen molar-refractivity contribution >= 4 is 27.7 Å². The van der Waals surface area contributed by atoms with E-state index in [1.54, 1.807) is 17.0 Å². The molecule has 0 bridgehead atoms. The molecule has 0 aliphatic rings. The zero-order valence-corrected chi connectivity index (χ0v) is 17.8. The second-order valence-electron chi connectivity index (χ2n) is 6.58.